The molecule has 132 valence electrons. The molecule has 2 rings (SSSR count). The first-order valence-corrected chi connectivity index (χ1v) is 8.91. The maximum Gasteiger partial charge on any atom is 0.264 e. The number of carbonyl (C=O) groups excluding carboxylic acids is 2. The van der Waals surface area contributed by atoms with Crippen molar-refractivity contribution in [2.45, 2.75) is 4.90 Å². The van der Waals surface area contributed by atoms with Crippen LogP contribution >= 0.6 is 0 Å². The molecule has 8 heteroatoms. The number of benzene rings is 2. The average molecular weight is 369 g/mol. The highest BCUT2D eigenvalue weighted by atomic mass is 32.2. The van der Waals surface area contributed by atoms with Crippen molar-refractivity contribution >= 4 is 27.9 Å². The Hall–Kier alpha value is -3.44. The van der Waals surface area contributed by atoms with Gasteiger partial charge in [0.15, 0.2) is 0 Å². The lowest BCUT2D eigenvalue weighted by Crippen LogP contribution is -2.28. The molecule has 0 aliphatic rings. The standard InChI is InChI=1S/C18H15N3O4S/c1-20-18(23)15-7-2-13(3-8-15)6-11-17(22)21-26(24,25)16-9-4-14(12-19)5-10-16/h2-11H,1H3,(H,20,23)(H,21,22)/b11-6+. The van der Waals surface area contributed by atoms with Gasteiger partial charge in [-0.25, -0.2) is 13.1 Å². The predicted molar refractivity (Wildman–Crippen MR) is 95.4 cm³/mol. The second-order valence-electron chi connectivity index (χ2n) is 5.14. The second-order valence-corrected chi connectivity index (χ2v) is 6.82. The largest absolute Gasteiger partial charge is 0.355 e. The monoisotopic (exact) mass is 369 g/mol. The number of nitrogens with zero attached hydrogens (tertiary/aromatic N) is 1. The van der Waals surface area contributed by atoms with Gasteiger partial charge >= 0.3 is 0 Å². The van der Waals surface area contributed by atoms with Crippen LogP contribution in [0, 0.1) is 11.3 Å². The van der Waals surface area contributed by atoms with Gasteiger partial charge < -0.3 is 5.32 Å². The quantitative estimate of drug-likeness (QED) is 0.774. The molecule has 0 atom stereocenters. The topological polar surface area (TPSA) is 116 Å². The van der Waals surface area contributed by atoms with E-state index in [1.54, 1.807) is 24.3 Å². The van der Waals surface area contributed by atoms with Gasteiger partial charge in [0.2, 0.25) is 0 Å². The van der Waals surface area contributed by atoms with Gasteiger partial charge in [-0.05, 0) is 48.0 Å². The zero-order valence-corrected chi connectivity index (χ0v) is 14.6. The van der Waals surface area contributed by atoms with Gasteiger partial charge in [-0.15, -0.1) is 0 Å². The van der Waals surface area contributed by atoms with Crippen LogP contribution in [0.2, 0.25) is 0 Å². The van der Waals surface area contributed by atoms with Crippen molar-refractivity contribution in [3.05, 3.63) is 71.3 Å². The minimum Gasteiger partial charge on any atom is -0.355 e. The zero-order valence-electron chi connectivity index (χ0n) is 13.8. The molecule has 0 fully saturated rings. The van der Waals surface area contributed by atoms with Crippen molar-refractivity contribution in [2.24, 2.45) is 0 Å². The normalized spacial score (nSPS) is 10.9. The molecule has 26 heavy (non-hydrogen) atoms. The van der Waals surface area contributed by atoms with Crippen LogP contribution in [0.5, 0.6) is 0 Å². The second kappa shape index (κ2) is 8.09. The van der Waals surface area contributed by atoms with Gasteiger partial charge in [0.25, 0.3) is 21.8 Å². The van der Waals surface area contributed by atoms with Gasteiger partial charge in [0.1, 0.15) is 0 Å². The fraction of sp³-hybridized carbons (Fsp3) is 0.0556. The van der Waals surface area contributed by atoms with E-state index in [-0.39, 0.29) is 10.8 Å². The highest BCUT2D eigenvalue weighted by Gasteiger charge is 2.16. The van der Waals surface area contributed by atoms with E-state index in [1.807, 2.05) is 10.8 Å². The SMILES string of the molecule is CNC(=O)c1ccc(/C=C/C(=O)NS(=O)(=O)c2ccc(C#N)cc2)cc1. The molecular weight excluding hydrogens is 354 g/mol. The van der Waals surface area contributed by atoms with Gasteiger partial charge in [0, 0.05) is 18.7 Å². The molecule has 0 heterocycles. The third-order valence-electron chi connectivity index (χ3n) is 3.36. The smallest absolute Gasteiger partial charge is 0.264 e. The molecule has 0 saturated heterocycles. The minimum atomic E-state index is -4.02. The summed E-state index contributed by atoms with van der Waals surface area (Å²) in [5.41, 5.74) is 1.41. The summed E-state index contributed by atoms with van der Waals surface area (Å²) in [4.78, 5) is 23.2. The fourth-order valence-electron chi connectivity index (χ4n) is 2.00. The number of nitrogens with one attached hydrogen (secondary N) is 2. The van der Waals surface area contributed by atoms with Crippen molar-refractivity contribution < 1.29 is 18.0 Å². The van der Waals surface area contributed by atoms with Crippen molar-refractivity contribution in [1.29, 1.82) is 5.26 Å². The fourth-order valence-corrected chi connectivity index (χ4v) is 2.94. The van der Waals surface area contributed by atoms with Crippen molar-refractivity contribution in [3.8, 4) is 6.07 Å². The van der Waals surface area contributed by atoms with E-state index in [4.69, 9.17) is 5.26 Å². The molecule has 0 aliphatic carbocycles. The molecule has 0 unspecified atom stereocenters. The van der Waals surface area contributed by atoms with E-state index in [9.17, 15) is 18.0 Å². The van der Waals surface area contributed by atoms with Crippen LogP contribution in [0.4, 0.5) is 0 Å². The maximum atomic E-state index is 12.1. The number of hydrogen-bond acceptors (Lipinski definition) is 5. The molecule has 0 radical (unpaired) electrons. The zero-order chi connectivity index (χ0) is 19.2. The molecular formula is C18H15N3O4S. The Morgan fingerprint density at radius 2 is 1.65 bits per heavy atom. The number of hydrogen-bond donors (Lipinski definition) is 2. The lowest BCUT2D eigenvalue weighted by atomic mass is 10.1. The van der Waals surface area contributed by atoms with Gasteiger partial charge in [-0.1, -0.05) is 12.1 Å². The van der Waals surface area contributed by atoms with E-state index in [0.29, 0.717) is 16.7 Å². The van der Waals surface area contributed by atoms with Gasteiger partial charge in [-0.2, -0.15) is 5.26 Å². The van der Waals surface area contributed by atoms with Crippen LogP contribution in [0.15, 0.2) is 59.5 Å². The van der Waals surface area contributed by atoms with Crippen LogP contribution in [0.1, 0.15) is 21.5 Å². The van der Waals surface area contributed by atoms with E-state index in [2.05, 4.69) is 5.32 Å². The Bertz CT molecular complexity index is 986. The molecule has 0 bridgehead atoms. The highest BCUT2D eigenvalue weighted by Crippen LogP contribution is 2.10. The molecule has 2 aromatic carbocycles. The van der Waals surface area contributed by atoms with Crippen LogP contribution in [-0.2, 0) is 14.8 Å². The first kappa shape index (κ1) is 18.9. The summed E-state index contributed by atoms with van der Waals surface area (Å²) in [5.74, 6) is -1.04. The third-order valence-corrected chi connectivity index (χ3v) is 4.72. The summed E-state index contributed by atoms with van der Waals surface area (Å²) in [6.45, 7) is 0. The average Bonchev–Trinajstić information content (AvgIpc) is 2.66. The van der Waals surface area contributed by atoms with E-state index in [1.165, 1.54) is 37.4 Å². The maximum absolute atomic E-state index is 12.1. The number of nitriles is 1. The van der Waals surface area contributed by atoms with Crippen molar-refractivity contribution in [3.63, 3.8) is 0 Å². The third kappa shape index (κ3) is 4.78. The summed E-state index contributed by atoms with van der Waals surface area (Å²) >= 11 is 0. The molecule has 2 N–H and O–H groups in total. The van der Waals surface area contributed by atoms with E-state index >= 15 is 0 Å². The van der Waals surface area contributed by atoms with Crippen LogP contribution < -0.4 is 10.0 Å². The Balaban J connectivity index is 2.06. The molecule has 0 aliphatic heterocycles. The molecule has 2 amide bonds. The van der Waals surface area contributed by atoms with Crippen molar-refractivity contribution in [1.82, 2.24) is 10.0 Å². The lowest BCUT2D eigenvalue weighted by molar-refractivity contribution is -0.114. The minimum absolute atomic E-state index is 0.117. The van der Waals surface area contributed by atoms with Crippen LogP contribution in [-0.4, -0.2) is 27.3 Å². The number of sulfonamides is 1. The molecule has 7 nitrogen and oxygen atoms in total. The highest BCUT2D eigenvalue weighted by molar-refractivity contribution is 7.90. The van der Waals surface area contributed by atoms with Gasteiger partial charge in [-0.3, -0.25) is 9.59 Å². The summed E-state index contributed by atoms with van der Waals surface area (Å²) in [7, 11) is -2.50. The predicted octanol–water partition coefficient (Wildman–Crippen LogP) is 1.44. The molecule has 0 saturated carbocycles. The van der Waals surface area contributed by atoms with E-state index in [0.717, 1.165) is 6.08 Å². The number of carbonyl (C=O) groups is 2. The first-order chi connectivity index (χ1) is 12.4. The van der Waals surface area contributed by atoms with Crippen LogP contribution in [0.3, 0.4) is 0 Å². The Labute approximate surface area is 151 Å². The van der Waals surface area contributed by atoms with Crippen LogP contribution in [0.25, 0.3) is 6.08 Å². The Morgan fingerprint density at radius 3 is 2.19 bits per heavy atom. The lowest BCUT2D eigenvalue weighted by Gasteiger charge is -2.04. The van der Waals surface area contributed by atoms with E-state index < -0.39 is 15.9 Å². The van der Waals surface area contributed by atoms with Crippen molar-refractivity contribution in [2.75, 3.05) is 7.05 Å². The van der Waals surface area contributed by atoms with Gasteiger partial charge in [0.05, 0.1) is 16.5 Å². The summed E-state index contributed by atoms with van der Waals surface area (Å²) in [5, 5.41) is 11.2. The summed E-state index contributed by atoms with van der Waals surface area (Å²) in [6.07, 6.45) is 2.51. The molecule has 2 aromatic rings. The summed E-state index contributed by atoms with van der Waals surface area (Å²) < 4.78 is 26.1. The summed E-state index contributed by atoms with van der Waals surface area (Å²) in [6, 6.07) is 13.5. The molecule has 0 aromatic heterocycles. The molecule has 0 spiro atoms. The Kier molecular flexibility index (Phi) is 5.88. The number of rotatable bonds is 5. The first-order valence-electron chi connectivity index (χ1n) is 7.43. The Morgan fingerprint density at radius 1 is 1.04 bits per heavy atom. The number of amides is 2.